The summed E-state index contributed by atoms with van der Waals surface area (Å²) in [6.45, 7) is 2.20. The van der Waals surface area contributed by atoms with Crippen LogP contribution in [-0.2, 0) is 16.3 Å². The van der Waals surface area contributed by atoms with Gasteiger partial charge in [0.25, 0.3) is 0 Å². The molecule has 0 aliphatic heterocycles. The largest absolute Gasteiger partial charge is 0.489 e. The minimum absolute atomic E-state index is 0.0407. The number of nitrogens with two attached hydrogens (primary N) is 1. The first-order valence-electron chi connectivity index (χ1n) is 8.12. The van der Waals surface area contributed by atoms with Crippen LogP contribution in [0.1, 0.15) is 16.7 Å². The van der Waals surface area contributed by atoms with E-state index in [0.717, 1.165) is 22.4 Å². The number of aliphatic hydroxyl groups is 1. The Morgan fingerprint density at radius 2 is 1.81 bits per heavy atom. The fraction of sp³-hybridized carbons (Fsp3) is 0.263. The van der Waals surface area contributed by atoms with Crippen molar-refractivity contribution in [1.82, 2.24) is 0 Å². The van der Waals surface area contributed by atoms with Gasteiger partial charge in [-0.1, -0.05) is 52.8 Å². The quantitative estimate of drug-likeness (QED) is 0.310. The standard InChI is InChI=1S/C19H23N3O4/c1-14-7-3-6-10-17(14)25-13-15-8-4-5-9-16(15)18(21-24-2)19(20)22-26-12-11-23/h3-10,23H,11-13H2,1-2H3,(H2,20,22). The normalized spacial score (nSPS) is 12.0. The van der Waals surface area contributed by atoms with E-state index in [1.54, 1.807) is 0 Å². The van der Waals surface area contributed by atoms with Crippen molar-refractivity contribution in [3.8, 4) is 5.75 Å². The van der Waals surface area contributed by atoms with Crippen molar-refractivity contribution in [2.45, 2.75) is 13.5 Å². The van der Waals surface area contributed by atoms with Crippen molar-refractivity contribution < 1.29 is 19.5 Å². The molecule has 0 saturated carbocycles. The Hall–Kier alpha value is -3.06. The number of aryl methyl sites for hydroxylation is 1. The highest BCUT2D eigenvalue weighted by Crippen LogP contribution is 2.19. The molecule has 0 aliphatic carbocycles. The second kappa shape index (κ2) is 10.0. The van der Waals surface area contributed by atoms with Crippen molar-refractivity contribution in [1.29, 1.82) is 0 Å². The van der Waals surface area contributed by atoms with Crippen LogP contribution in [0.2, 0.25) is 0 Å². The fourth-order valence-electron chi connectivity index (χ4n) is 2.28. The van der Waals surface area contributed by atoms with Crippen molar-refractivity contribution in [3.63, 3.8) is 0 Å². The zero-order valence-corrected chi connectivity index (χ0v) is 14.9. The molecule has 26 heavy (non-hydrogen) atoms. The van der Waals surface area contributed by atoms with Crippen LogP contribution in [0.4, 0.5) is 0 Å². The average Bonchev–Trinajstić information content (AvgIpc) is 2.66. The maximum absolute atomic E-state index is 8.78. The highest BCUT2D eigenvalue weighted by molar-refractivity contribution is 6.47. The predicted octanol–water partition coefficient (Wildman–Crippen LogP) is 2.21. The molecule has 0 spiro atoms. The molecular formula is C19H23N3O4. The summed E-state index contributed by atoms with van der Waals surface area (Å²) >= 11 is 0. The second-order valence-electron chi connectivity index (χ2n) is 5.37. The van der Waals surface area contributed by atoms with Crippen LogP contribution < -0.4 is 10.5 Å². The average molecular weight is 357 g/mol. The highest BCUT2D eigenvalue weighted by atomic mass is 16.6. The van der Waals surface area contributed by atoms with Gasteiger partial charge >= 0.3 is 0 Å². The van der Waals surface area contributed by atoms with E-state index in [4.69, 9.17) is 25.3 Å². The summed E-state index contributed by atoms with van der Waals surface area (Å²) in [5.74, 6) is 0.851. The van der Waals surface area contributed by atoms with Crippen LogP contribution in [-0.4, -0.2) is 37.0 Å². The van der Waals surface area contributed by atoms with Crippen molar-refractivity contribution in [2.75, 3.05) is 20.3 Å². The Kier molecular flexibility index (Phi) is 7.45. The van der Waals surface area contributed by atoms with Crippen molar-refractivity contribution in [2.24, 2.45) is 16.0 Å². The number of rotatable bonds is 9. The van der Waals surface area contributed by atoms with E-state index in [2.05, 4.69) is 10.3 Å². The summed E-state index contributed by atoms with van der Waals surface area (Å²) in [4.78, 5) is 9.83. The van der Waals surface area contributed by atoms with Crippen LogP contribution in [0.25, 0.3) is 0 Å². The smallest absolute Gasteiger partial charge is 0.193 e. The second-order valence-corrected chi connectivity index (χ2v) is 5.37. The molecule has 0 radical (unpaired) electrons. The van der Waals surface area contributed by atoms with Crippen LogP contribution in [0.5, 0.6) is 5.75 Å². The number of oxime groups is 2. The molecule has 0 atom stereocenters. The Balaban J connectivity index is 2.26. The monoisotopic (exact) mass is 357 g/mol. The first-order chi connectivity index (χ1) is 12.7. The van der Waals surface area contributed by atoms with E-state index in [9.17, 15) is 0 Å². The Morgan fingerprint density at radius 1 is 1.08 bits per heavy atom. The SMILES string of the molecule is CON=C(C(N)=NOCCO)c1ccccc1COc1ccccc1C. The molecule has 2 rings (SSSR count). The molecule has 0 unspecified atom stereocenters. The zero-order chi connectivity index (χ0) is 18.8. The number of hydrogen-bond donors (Lipinski definition) is 2. The van der Waals surface area contributed by atoms with Crippen molar-refractivity contribution >= 4 is 11.5 Å². The highest BCUT2D eigenvalue weighted by Gasteiger charge is 2.15. The topological polar surface area (TPSA) is 98.7 Å². The van der Waals surface area contributed by atoms with E-state index in [1.165, 1.54) is 7.11 Å². The number of benzene rings is 2. The van der Waals surface area contributed by atoms with Crippen molar-refractivity contribution in [3.05, 3.63) is 65.2 Å². The van der Waals surface area contributed by atoms with Gasteiger partial charge in [0.15, 0.2) is 11.5 Å². The molecule has 0 amide bonds. The molecule has 7 heteroatoms. The number of nitrogens with zero attached hydrogens (tertiary/aromatic N) is 2. The Morgan fingerprint density at radius 3 is 2.54 bits per heavy atom. The lowest BCUT2D eigenvalue weighted by Crippen LogP contribution is -2.27. The van der Waals surface area contributed by atoms with Gasteiger partial charge in [0.1, 0.15) is 26.1 Å². The van der Waals surface area contributed by atoms with Crippen LogP contribution in [0, 0.1) is 6.92 Å². The maximum Gasteiger partial charge on any atom is 0.193 e. The molecule has 7 nitrogen and oxygen atoms in total. The minimum atomic E-state index is -0.158. The molecule has 0 fully saturated rings. The van der Waals surface area contributed by atoms with Gasteiger partial charge in [-0.05, 0) is 24.1 Å². The molecule has 0 bridgehead atoms. The van der Waals surface area contributed by atoms with Gasteiger partial charge in [-0.25, -0.2) is 0 Å². The lowest BCUT2D eigenvalue weighted by Gasteiger charge is -2.13. The maximum atomic E-state index is 8.78. The third-order valence-corrected chi connectivity index (χ3v) is 3.52. The zero-order valence-electron chi connectivity index (χ0n) is 14.9. The molecule has 2 aromatic rings. The van der Waals surface area contributed by atoms with Crippen LogP contribution in [0.15, 0.2) is 58.8 Å². The molecule has 0 saturated heterocycles. The van der Waals surface area contributed by atoms with Crippen LogP contribution in [0.3, 0.4) is 0 Å². The lowest BCUT2D eigenvalue weighted by molar-refractivity contribution is 0.0987. The van der Waals surface area contributed by atoms with Gasteiger partial charge in [0, 0.05) is 5.56 Å². The molecule has 0 aliphatic rings. The predicted molar refractivity (Wildman–Crippen MR) is 100 cm³/mol. The van der Waals surface area contributed by atoms with E-state index in [1.807, 2.05) is 55.5 Å². The lowest BCUT2D eigenvalue weighted by atomic mass is 10.0. The van der Waals surface area contributed by atoms with Gasteiger partial charge in [-0.3, -0.25) is 0 Å². The third-order valence-electron chi connectivity index (χ3n) is 3.52. The number of ether oxygens (including phenoxy) is 1. The van der Waals surface area contributed by atoms with E-state index < -0.39 is 0 Å². The molecule has 0 aromatic heterocycles. The number of para-hydroxylation sites is 1. The summed E-state index contributed by atoms with van der Waals surface area (Å²) in [5.41, 5.74) is 8.93. The van der Waals surface area contributed by atoms with Gasteiger partial charge < -0.3 is 25.3 Å². The minimum Gasteiger partial charge on any atom is -0.489 e. The number of hydrogen-bond acceptors (Lipinski definition) is 6. The summed E-state index contributed by atoms with van der Waals surface area (Å²) in [6, 6.07) is 15.3. The molecule has 2 aromatic carbocycles. The molecule has 138 valence electrons. The number of aliphatic hydroxyl groups excluding tert-OH is 1. The van der Waals surface area contributed by atoms with E-state index in [-0.39, 0.29) is 19.0 Å². The first kappa shape index (κ1) is 19.3. The summed E-state index contributed by atoms with van der Waals surface area (Å²) < 4.78 is 5.93. The summed E-state index contributed by atoms with van der Waals surface area (Å²) in [6.07, 6.45) is 0. The molecule has 0 heterocycles. The molecule has 3 N–H and O–H groups in total. The molecular weight excluding hydrogens is 334 g/mol. The third kappa shape index (κ3) is 5.22. The van der Waals surface area contributed by atoms with E-state index >= 15 is 0 Å². The van der Waals surface area contributed by atoms with Gasteiger partial charge in [0.05, 0.1) is 6.61 Å². The van der Waals surface area contributed by atoms with Gasteiger partial charge in [-0.2, -0.15) is 0 Å². The fourth-order valence-corrected chi connectivity index (χ4v) is 2.28. The Bertz CT molecular complexity index is 775. The Labute approximate surface area is 152 Å². The van der Waals surface area contributed by atoms with Gasteiger partial charge in [0.2, 0.25) is 0 Å². The van der Waals surface area contributed by atoms with Crippen LogP contribution >= 0.6 is 0 Å². The first-order valence-corrected chi connectivity index (χ1v) is 8.12. The summed E-state index contributed by atoms with van der Waals surface area (Å²) in [5, 5.41) is 16.5. The van der Waals surface area contributed by atoms with E-state index in [0.29, 0.717) is 12.3 Å². The summed E-state index contributed by atoms with van der Waals surface area (Å²) in [7, 11) is 1.42. The number of amidine groups is 1. The van der Waals surface area contributed by atoms with Gasteiger partial charge in [-0.15, -0.1) is 0 Å².